The fourth-order valence-electron chi connectivity index (χ4n) is 4.43. The summed E-state index contributed by atoms with van der Waals surface area (Å²) in [5.41, 5.74) is 0.982. The van der Waals surface area contributed by atoms with Crippen LogP contribution >= 0.6 is 0 Å². The summed E-state index contributed by atoms with van der Waals surface area (Å²) in [5, 5.41) is 14.3. The number of carbonyl (C=O) groups excluding carboxylic acids is 3. The summed E-state index contributed by atoms with van der Waals surface area (Å²) in [4.78, 5) is 54.0. The van der Waals surface area contributed by atoms with E-state index in [4.69, 9.17) is 0 Å². The summed E-state index contributed by atoms with van der Waals surface area (Å²) in [5.74, 6) is -5.17. The van der Waals surface area contributed by atoms with Crippen molar-refractivity contribution in [3.05, 3.63) is 101 Å². The summed E-state index contributed by atoms with van der Waals surface area (Å²) < 4.78 is 41.0. The smallest absolute Gasteiger partial charge is 0.324 e. The number of aryl methyl sites for hydroxylation is 1. The molecular formula is C28H25F3N4O5. The molecule has 12 heteroatoms. The highest BCUT2D eigenvalue weighted by atomic mass is 19.1. The number of carboxylic acids is 1. The highest BCUT2D eigenvalue weighted by Crippen LogP contribution is 2.24. The van der Waals surface area contributed by atoms with Gasteiger partial charge in [-0.25, -0.2) is 18.0 Å². The lowest BCUT2D eigenvalue weighted by Crippen LogP contribution is -2.55. The summed E-state index contributed by atoms with van der Waals surface area (Å²) in [6, 6.07) is 11.9. The number of anilines is 1. The van der Waals surface area contributed by atoms with Crippen LogP contribution in [-0.4, -0.2) is 58.0 Å². The summed E-state index contributed by atoms with van der Waals surface area (Å²) in [6.45, 7) is 1.59. The zero-order chi connectivity index (χ0) is 29.0. The quantitative estimate of drug-likeness (QED) is 0.407. The summed E-state index contributed by atoms with van der Waals surface area (Å²) in [7, 11) is 0. The van der Waals surface area contributed by atoms with Gasteiger partial charge in [-0.3, -0.25) is 19.3 Å². The average molecular weight is 555 g/mol. The van der Waals surface area contributed by atoms with Crippen LogP contribution in [0.25, 0.3) is 0 Å². The van der Waals surface area contributed by atoms with Crippen LogP contribution in [0.3, 0.4) is 0 Å². The first kappa shape index (κ1) is 28.1. The van der Waals surface area contributed by atoms with Gasteiger partial charge in [-0.05, 0) is 48.9 Å². The van der Waals surface area contributed by atoms with Crippen LogP contribution in [0.15, 0.2) is 66.7 Å². The van der Waals surface area contributed by atoms with Crippen molar-refractivity contribution in [1.29, 1.82) is 0 Å². The molecule has 1 saturated heterocycles. The second-order valence-electron chi connectivity index (χ2n) is 9.20. The van der Waals surface area contributed by atoms with Crippen molar-refractivity contribution in [3.8, 4) is 0 Å². The van der Waals surface area contributed by atoms with Crippen molar-refractivity contribution >= 4 is 29.5 Å². The molecule has 9 nitrogen and oxygen atoms in total. The number of benzene rings is 3. The minimum atomic E-state index is -1.55. The van der Waals surface area contributed by atoms with Gasteiger partial charge in [0.25, 0.3) is 11.8 Å². The number of nitrogens with one attached hydrogen (secondary N) is 2. The van der Waals surface area contributed by atoms with E-state index in [0.717, 1.165) is 39.6 Å². The molecule has 1 heterocycles. The third kappa shape index (κ3) is 6.40. The first-order valence-electron chi connectivity index (χ1n) is 12.2. The van der Waals surface area contributed by atoms with Crippen molar-refractivity contribution in [2.75, 3.05) is 18.4 Å². The van der Waals surface area contributed by atoms with Crippen LogP contribution in [0.5, 0.6) is 0 Å². The maximum absolute atomic E-state index is 14.2. The lowest BCUT2D eigenvalue weighted by Gasteiger charge is -2.31. The number of hydrogen-bond acceptors (Lipinski definition) is 4. The van der Waals surface area contributed by atoms with Gasteiger partial charge in [-0.1, -0.05) is 29.8 Å². The number of nitrogens with zero attached hydrogens (tertiary/aromatic N) is 2. The van der Waals surface area contributed by atoms with E-state index in [1.165, 1.54) is 12.1 Å². The van der Waals surface area contributed by atoms with Crippen molar-refractivity contribution in [2.45, 2.75) is 25.6 Å². The minimum absolute atomic E-state index is 0.0652. The van der Waals surface area contributed by atoms with E-state index in [-0.39, 0.29) is 29.9 Å². The fourth-order valence-corrected chi connectivity index (χ4v) is 4.43. The molecule has 0 aromatic heterocycles. The van der Waals surface area contributed by atoms with Crippen LogP contribution in [0.4, 0.5) is 23.7 Å². The topological polar surface area (TPSA) is 119 Å². The molecule has 0 bridgehead atoms. The Balaban J connectivity index is 1.66. The van der Waals surface area contributed by atoms with Gasteiger partial charge in [0.05, 0.1) is 18.2 Å². The predicted octanol–water partition coefficient (Wildman–Crippen LogP) is 4.06. The second-order valence-corrected chi connectivity index (χ2v) is 9.20. The Hall–Kier alpha value is -4.87. The van der Waals surface area contributed by atoms with Crippen LogP contribution in [-0.2, 0) is 9.59 Å². The van der Waals surface area contributed by atoms with Crippen LogP contribution in [0.1, 0.15) is 33.9 Å². The van der Waals surface area contributed by atoms with Crippen molar-refractivity contribution < 1.29 is 37.5 Å². The summed E-state index contributed by atoms with van der Waals surface area (Å²) >= 11 is 0. The zero-order valence-electron chi connectivity index (χ0n) is 21.2. The number of carbonyl (C=O) groups is 4. The third-order valence-corrected chi connectivity index (χ3v) is 6.33. The highest BCUT2D eigenvalue weighted by Gasteiger charge is 2.44. The first-order valence-corrected chi connectivity index (χ1v) is 12.2. The number of hydrogen-bond donors (Lipinski definition) is 3. The third-order valence-electron chi connectivity index (χ3n) is 6.33. The molecule has 4 rings (SSSR count). The van der Waals surface area contributed by atoms with Crippen molar-refractivity contribution in [1.82, 2.24) is 15.1 Å². The molecule has 1 aliphatic rings. The molecular weight excluding hydrogens is 529 g/mol. The molecule has 1 aliphatic heterocycles. The van der Waals surface area contributed by atoms with Gasteiger partial charge in [0, 0.05) is 24.7 Å². The van der Waals surface area contributed by atoms with E-state index >= 15 is 0 Å². The second kappa shape index (κ2) is 11.9. The molecule has 0 aliphatic carbocycles. The van der Waals surface area contributed by atoms with Crippen molar-refractivity contribution in [3.63, 3.8) is 0 Å². The molecule has 1 fully saturated rings. The molecule has 3 N–H and O–H groups in total. The number of urea groups is 1. The van der Waals surface area contributed by atoms with Gasteiger partial charge in [-0.2, -0.15) is 0 Å². The van der Waals surface area contributed by atoms with Gasteiger partial charge in [0.2, 0.25) is 0 Å². The van der Waals surface area contributed by atoms with Crippen LogP contribution in [0.2, 0.25) is 0 Å². The van der Waals surface area contributed by atoms with Crippen molar-refractivity contribution in [2.24, 2.45) is 0 Å². The normalized spacial score (nSPS) is 15.4. The zero-order valence-corrected chi connectivity index (χ0v) is 21.2. The number of rotatable bonds is 7. The lowest BCUT2D eigenvalue weighted by atomic mass is 10.0. The maximum Gasteiger partial charge on any atom is 0.324 e. The molecule has 3 aromatic carbocycles. The Kier molecular flexibility index (Phi) is 8.37. The molecule has 0 saturated carbocycles. The van der Waals surface area contributed by atoms with Crippen LogP contribution in [0, 0.1) is 24.4 Å². The van der Waals surface area contributed by atoms with Gasteiger partial charge in [0.15, 0.2) is 6.17 Å². The van der Waals surface area contributed by atoms with E-state index in [9.17, 15) is 37.5 Å². The Bertz CT molecular complexity index is 1450. The van der Waals surface area contributed by atoms with E-state index in [1.54, 1.807) is 31.2 Å². The minimum Gasteiger partial charge on any atom is -0.481 e. The molecule has 3 aromatic rings. The Morgan fingerprint density at radius 2 is 1.60 bits per heavy atom. The molecule has 0 spiro atoms. The number of halogens is 3. The van der Waals surface area contributed by atoms with E-state index in [2.05, 4.69) is 10.6 Å². The summed E-state index contributed by atoms with van der Waals surface area (Å²) in [6.07, 6.45) is -2.11. The highest BCUT2D eigenvalue weighted by molar-refractivity contribution is 6.01. The first-order chi connectivity index (χ1) is 19.0. The molecule has 0 radical (unpaired) electrons. The molecule has 2 atom stereocenters. The van der Waals surface area contributed by atoms with Gasteiger partial charge in [0.1, 0.15) is 17.5 Å². The average Bonchev–Trinajstić information content (AvgIpc) is 3.35. The van der Waals surface area contributed by atoms with Gasteiger partial charge < -0.3 is 20.6 Å². The van der Waals surface area contributed by atoms with E-state index in [1.807, 2.05) is 0 Å². The van der Waals surface area contributed by atoms with Gasteiger partial charge in [-0.15, -0.1) is 0 Å². The Labute approximate surface area is 227 Å². The SMILES string of the molecule is Cc1cccc(C(=O)N2CCN(C(=O)Nc3ccc(F)cc3F)C2C(=O)NC(CC(=O)O)c2ccc(F)cc2)c1. The number of amides is 4. The molecule has 4 amide bonds. The van der Waals surface area contributed by atoms with E-state index in [0.29, 0.717) is 6.07 Å². The fraction of sp³-hybridized carbons (Fsp3) is 0.214. The van der Waals surface area contributed by atoms with Crippen LogP contribution < -0.4 is 10.6 Å². The van der Waals surface area contributed by atoms with Gasteiger partial charge >= 0.3 is 12.0 Å². The maximum atomic E-state index is 14.2. The monoisotopic (exact) mass is 554 g/mol. The molecule has 208 valence electrons. The molecule has 2 unspecified atom stereocenters. The molecule has 40 heavy (non-hydrogen) atoms. The predicted molar refractivity (Wildman–Crippen MR) is 138 cm³/mol. The number of aliphatic carboxylic acids is 1. The lowest BCUT2D eigenvalue weighted by molar-refractivity contribution is -0.138. The largest absolute Gasteiger partial charge is 0.481 e. The standard InChI is InChI=1S/C28H25F3N4O5/c1-16-3-2-4-18(13-16)27(39)34-11-12-35(28(40)33-22-10-9-20(30)14-21(22)31)26(34)25(38)32-23(15-24(36)37)17-5-7-19(29)8-6-17/h2-10,13-14,23,26H,11-12,15H2,1H3,(H,32,38)(H,33,40)(H,36,37). The van der Waals surface area contributed by atoms with E-state index < -0.39 is 59.9 Å². The number of carboxylic acid groups (broad SMARTS) is 1. The Morgan fingerprint density at radius 1 is 0.925 bits per heavy atom. The Morgan fingerprint density at radius 3 is 2.25 bits per heavy atom.